The first kappa shape index (κ1) is 19.9. The highest BCUT2D eigenvalue weighted by molar-refractivity contribution is 7.98. The Morgan fingerprint density at radius 3 is 2.38 bits per heavy atom. The molecule has 2 aromatic carbocycles. The third-order valence-electron chi connectivity index (χ3n) is 3.84. The highest BCUT2D eigenvalue weighted by atomic mass is 32.2. The molecule has 0 aliphatic carbocycles. The molecule has 138 valence electrons. The lowest BCUT2D eigenvalue weighted by Crippen LogP contribution is -2.31. The number of hydrogen-bond acceptors (Lipinski definition) is 4. The minimum absolute atomic E-state index is 0.277. The molecule has 2 atom stereocenters. The summed E-state index contributed by atoms with van der Waals surface area (Å²) in [6, 6.07) is 11.9. The summed E-state index contributed by atoms with van der Waals surface area (Å²) in [5.74, 6) is -2.06. The molecule has 0 heterocycles. The van der Waals surface area contributed by atoms with Crippen molar-refractivity contribution < 1.29 is 24.2 Å². The Morgan fingerprint density at radius 2 is 1.81 bits per heavy atom. The monoisotopic (exact) mass is 377 g/mol. The highest BCUT2D eigenvalue weighted by Gasteiger charge is 2.20. The summed E-state index contributed by atoms with van der Waals surface area (Å²) in [6.45, 7) is 0. The number of halogens is 1. The number of benzene rings is 2. The van der Waals surface area contributed by atoms with Crippen molar-refractivity contribution in [3.8, 4) is 0 Å². The van der Waals surface area contributed by atoms with E-state index in [2.05, 4.69) is 5.32 Å². The maximum atomic E-state index is 13.2. The van der Waals surface area contributed by atoms with Crippen LogP contribution in [-0.4, -0.2) is 28.3 Å². The number of aliphatic hydroxyl groups excluding tert-OH is 1. The van der Waals surface area contributed by atoms with E-state index in [4.69, 9.17) is 5.11 Å². The van der Waals surface area contributed by atoms with Crippen molar-refractivity contribution in [2.24, 2.45) is 0 Å². The van der Waals surface area contributed by atoms with Crippen LogP contribution in [0.15, 0.2) is 53.4 Å². The van der Waals surface area contributed by atoms with Crippen LogP contribution in [0, 0.1) is 5.82 Å². The predicted octanol–water partition coefficient (Wildman–Crippen LogP) is 3.30. The topological polar surface area (TPSA) is 86.6 Å². The average Bonchev–Trinajstić information content (AvgIpc) is 2.60. The van der Waals surface area contributed by atoms with Crippen LogP contribution >= 0.6 is 11.8 Å². The molecule has 7 heteroatoms. The van der Waals surface area contributed by atoms with Crippen molar-refractivity contribution in [3.63, 3.8) is 0 Å². The molecule has 0 saturated carbocycles. The Hall–Kier alpha value is -2.38. The minimum atomic E-state index is -1.17. The third-order valence-corrected chi connectivity index (χ3v) is 4.59. The van der Waals surface area contributed by atoms with E-state index in [1.54, 1.807) is 23.9 Å². The molecule has 26 heavy (non-hydrogen) atoms. The van der Waals surface area contributed by atoms with Gasteiger partial charge in [0.1, 0.15) is 5.82 Å². The lowest BCUT2D eigenvalue weighted by atomic mass is 10.0. The van der Waals surface area contributed by atoms with E-state index in [0.29, 0.717) is 11.1 Å². The van der Waals surface area contributed by atoms with Crippen LogP contribution in [0.4, 0.5) is 4.39 Å². The van der Waals surface area contributed by atoms with Crippen LogP contribution in [0.3, 0.4) is 0 Å². The number of carboxylic acids is 1. The molecular formula is C19H20FNO4S. The fourth-order valence-electron chi connectivity index (χ4n) is 2.52. The van der Waals surface area contributed by atoms with Gasteiger partial charge in [-0.15, -0.1) is 11.8 Å². The van der Waals surface area contributed by atoms with E-state index in [1.165, 1.54) is 18.2 Å². The Balaban J connectivity index is 2.06. The quantitative estimate of drug-likeness (QED) is 0.615. The molecule has 2 rings (SSSR count). The zero-order valence-electron chi connectivity index (χ0n) is 14.2. The SMILES string of the molecule is CSc1ccc(C(CC(=O)O)NC(=O)CC(O)c2cccc(F)c2)cc1. The molecule has 0 saturated heterocycles. The second-order valence-corrected chi connectivity index (χ2v) is 6.65. The Labute approximate surface area is 155 Å². The van der Waals surface area contributed by atoms with Gasteiger partial charge >= 0.3 is 5.97 Å². The summed E-state index contributed by atoms with van der Waals surface area (Å²) in [6.07, 6.45) is 0.192. The van der Waals surface area contributed by atoms with Gasteiger partial charge in [-0.3, -0.25) is 9.59 Å². The maximum absolute atomic E-state index is 13.2. The number of hydrogen-bond donors (Lipinski definition) is 3. The van der Waals surface area contributed by atoms with Crippen molar-refractivity contribution >= 4 is 23.6 Å². The van der Waals surface area contributed by atoms with Crippen LogP contribution in [0.5, 0.6) is 0 Å². The number of nitrogens with one attached hydrogen (secondary N) is 1. The van der Waals surface area contributed by atoms with Gasteiger partial charge in [0.05, 0.1) is 25.0 Å². The molecule has 0 fully saturated rings. The second-order valence-electron chi connectivity index (χ2n) is 5.77. The zero-order chi connectivity index (χ0) is 19.1. The zero-order valence-corrected chi connectivity index (χ0v) is 15.0. The van der Waals surface area contributed by atoms with E-state index in [0.717, 1.165) is 11.0 Å². The molecule has 0 spiro atoms. The molecule has 2 unspecified atom stereocenters. The van der Waals surface area contributed by atoms with Gasteiger partial charge in [0.15, 0.2) is 0 Å². The van der Waals surface area contributed by atoms with Gasteiger partial charge in [0.2, 0.25) is 5.91 Å². The van der Waals surface area contributed by atoms with Crippen molar-refractivity contribution in [2.45, 2.75) is 29.9 Å². The van der Waals surface area contributed by atoms with Crippen molar-refractivity contribution in [3.05, 3.63) is 65.5 Å². The van der Waals surface area contributed by atoms with Crippen LogP contribution in [-0.2, 0) is 9.59 Å². The fourth-order valence-corrected chi connectivity index (χ4v) is 2.93. The van der Waals surface area contributed by atoms with Crippen LogP contribution < -0.4 is 5.32 Å². The van der Waals surface area contributed by atoms with E-state index in [9.17, 15) is 19.1 Å². The minimum Gasteiger partial charge on any atom is -0.481 e. The third kappa shape index (κ3) is 5.86. The first-order chi connectivity index (χ1) is 12.4. The summed E-state index contributed by atoms with van der Waals surface area (Å²) in [7, 11) is 0. The Kier molecular flexibility index (Phi) is 7.17. The number of amides is 1. The molecule has 5 nitrogen and oxygen atoms in total. The van der Waals surface area contributed by atoms with Crippen LogP contribution in [0.1, 0.15) is 36.1 Å². The van der Waals surface area contributed by atoms with Gasteiger partial charge in [-0.2, -0.15) is 0 Å². The second kappa shape index (κ2) is 9.35. The number of aliphatic hydroxyl groups is 1. The van der Waals surface area contributed by atoms with Gasteiger partial charge in [0, 0.05) is 4.90 Å². The van der Waals surface area contributed by atoms with E-state index in [-0.39, 0.29) is 12.8 Å². The summed E-state index contributed by atoms with van der Waals surface area (Å²) >= 11 is 1.56. The molecular weight excluding hydrogens is 357 g/mol. The maximum Gasteiger partial charge on any atom is 0.305 e. The fraction of sp³-hybridized carbons (Fsp3) is 0.263. The predicted molar refractivity (Wildman–Crippen MR) is 97.3 cm³/mol. The normalized spacial score (nSPS) is 13.0. The number of carbonyl (C=O) groups is 2. The number of carboxylic acid groups (broad SMARTS) is 1. The van der Waals surface area contributed by atoms with Crippen molar-refractivity contribution in [2.75, 3.05) is 6.26 Å². The molecule has 0 radical (unpaired) electrons. The van der Waals surface area contributed by atoms with E-state index in [1.807, 2.05) is 18.4 Å². The van der Waals surface area contributed by atoms with Crippen molar-refractivity contribution in [1.82, 2.24) is 5.32 Å². The molecule has 3 N–H and O–H groups in total. The molecule has 0 aromatic heterocycles. The van der Waals surface area contributed by atoms with Gasteiger partial charge in [0.25, 0.3) is 0 Å². The Bertz CT molecular complexity index is 766. The van der Waals surface area contributed by atoms with Gasteiger partial charge in [-0.05, 0) is 41.6 Å². The van der Waals surface area contributed by atoms with Gasteiger partial charge in [-0.1, -0.05) is 24.3 Å². The lowest BCUT2D eigenvalue weighted by Gasteiger charge is -2.19. The number of aliphatic carboxylic acids is 1. The molecule has 0 bridgehead atoms. The summed E-state index contributed by atoms with van der Waals surface area (Å²) in [5, 5.41) is 21.8. The average molecular weight is 377 g/mol. The highest BCUT2D eigenvalue weighted by Crippen LogP contribution is 2.23. The Morgan fingerprint density at radius 1 is 1.12 bits per heavy atom. The summed E-state index contributed by atoms with van der Waals surface area (Å²) in [5.41, 5.74) is 0.957. The molecule has 2 aromatic rings. The van der Waals surface area contributed by atoms with Crippen LogP contribution in [0.2, 0.25) is 0 Å². The number of carbonyl (C=O) groups excluding carboxylic acids is 1. The smallest absolute Gasteiger partial charge is 0.305 e. The van der Waals surface area contributed by atoms with E-state index >= 15 is 0 Å². The summed E-state index contributed by atoms with van der Waals surface area (Å²) < 4.78 is 13.2. The first-order valence-electron chi connectivity index (χ1n) is 7.97. The molecule has 0 aliphatic rings. The van der Waals surface area contributed by atoms with Gasteiger partial charge in [-0.25, -0.2) is 4.39 Å². The first-order valence-corrected chi connectivity index (χ1v) is 9.20. The largest absolute Gasteiger partial charge is 0.481 e. The molecule has 1 amide bonds. The number of thioether (sulfide) groups is 1. The van der Waals surface area contributed by atoms with Crippen LogP contribution in [0.25, 0.3) is 0 Å². The van der Waals surface area contributed by atoms with Gasteiger partial charge < -0.3 is 15.5 Å². The molecule has 0 aliphatic heterocycles. The van der Waals surface area contributed by atoms with E-state index < -0.39 is 29.8 Å². The summed E-state index contributed by atoms with van der Waals surface area (Å²) in [4.78, 5) is 24.4. The standard InChI is InChI=1S/C19H20FNO4S/c1-26-15-7-5-12(6-8-15)16(10-19(24)25)21-18(23)11-17(22)13-3-2-4-14(20)9-13/h2-9,16-17,22H,10-11H2,1H3,(H,21,23)(H,24,25). The van der Waals surface area contributed by atoms with Crippen molar-refractivity contribution in [1.29, 1.82) is 0 Å². The lowest BCUT2D eigenvalue weighted by molar-refractivity contribution is -0.137. The number of rotatable bonds is 8.